The Kier molecular flexibility index (Phi) is 10.7. The van der Waals surface area contributed by atoms with Gasteiger partial charge in [-0.2, -0.15) is 0 Å². The van der Waals surface area contributed by atoms with Crippen LogP contribution < -0.4 is 15.4 Å². The third-order valence-electron chi connectivity index (χ3n) is 2.71. The third-order valence-corrected chi connectivity index (χ3v) is 2.71. The van der Waals surface area contributed by atoms with Gasteiger partial charge in [-0.15, -0.1) is 12.4 Å². The molecular weight excluding hydrogens is 292 g/mol. The molecule has 0 radical (unpaired) electrons. The van der Waals surface area contributed by atoms with Crippen LogP contribution in [0.5, 0.6) is 5.75 Å². The zero-order valence-electron chi connectivity index (χ0n) is 12.9. The van der Waals surface area contributed by atoms with E-state index in [1.807, 2.05) is 25.1 Å². The molecule has 0 atom stereocenters. The molecule has 0 aromatic heterocycles. The van der Waals surface area contributed by atoms with Crippen molar-refractivity contribution in [2.24, 2.45) is 0 Å². The summed E-state index contributed by atoms with van der Waals surface area (Å²) in [4.78, 5) is 11.7. The molecule has 1 rings (SSSR count). The van der Waals surface area contributed by atoms with Crippen molar-refractivity contribution in [3.63, 3.8) is 0 Å². The van der Waals surface area contributed by atoms with Crippen LogP contribution in [0.2, 0.25) is 0 Å². The lowest BCUT2D eigenvalue weighted by Gasteiger charge is -2.11. The Bertz CT molecular complexity index is 427. The maximum atomic E-state index is 11.7. The van der Waals surface area contributed by atoms with Crippen LogP contribution in [0.15, 0.2) is 18.2 Å². The monoisotopic (exact) mass is 316 g/mol. The number of carbonyl (C=O) groups is 1. The van der Waals surface area contributed by atoms with Crippen molar-refractivity contribution in [3.05, 3.63) is 23.8 Å². The van der Waals surface area contributed by atoms with Gasteiger partial charge in [0.1, 0.15) is 5.75 Å². The molecule has 0 saturated heterocycles. The van der Waals surface area contributed by atoms with E-state index >= 15 is 0 Å². The van der Waals surface area contributed by atoms with Crippen LogP contribution in [0.3, 0.4) is 0 Å². The van der Waals surface area contributed by atoms with Crippen molar-refractivity contribution in [3.8, 4) is 5.75 Å². The number of hydrogen-bond acceptors (Lipinski definition) is 4. The molecule has 0 aliphatic carbocycles. The summed E-state index contributed by atoms with van der Waals surface area (Å²) in [6, 6.07) is 5.67. The zero-order chi connectivity index (χ0) is 14.8. The average molecular weight is 317 g/mol. The minimum absolute atomic E-state index is 0. The van der Waals surface area contributed by atoms with Gasteiger partial charge in [0.05, 0.1) is 19.8 Å². The summed E-state index contributed by atoms with van der Waals surface area (Å²) in [6.45, 7) is 6.25. The number of hydrogen-bond donors (Lipinski definition) is 2. The second kappa shape index (κ2) is 11.4. The smallest absolute Gasteiger partial charge is 0.238 e. The highest BCUT2D eigenvalue weighted by atomic mass is 35.5. The van der Waals surface area contributed by atoms with Gasteiger partial charge in [0.2, 0.25) is 5.91 Å². The quantitative estimate of drug-likeness (QED) is 0.687. The number of benzene rings is 1. The largest absolute Gasteiger partial charge is 0.494 e. The van der Waals surface area contributed by atoms with E-state index in [1.54, 1.807) is 7.11 Å². The topological polar surface area (TPSA) is 59.6 Å². The lowest BCUT2D eigenvalue weighted by atomic mass is 10.2. The van der Waals surface area contributed by atoms with Crippen LogP contribution in [0, 0.1) is 6.92 Å². The molecule has 1 amide bonds. The molecule has 120 valence electrons. The van der Waals surface area contributed by atoms with Crippen molar-refractivity contribution in [2.45, 2.75) is 20.3 Å². The molecule has 0 spiro atoms. The third kappa shape index (κ3) is 7.90. The molecule has 1 aromatic carbocycles. The number of amides is 1. The van der Waals surface area contributed by atoms with E-state index in [2.05, 4.69) is 17.6 Å². The molecular formula is C15H25ClN2O3. The first kappa shape index (κ1) is 19.7. The predicted octanol–water partition coefficient (Wildman–Crippen LogP) is 2.38. The second-order valence-electron chi connectivity index (χ2n) is 4.54. The molecule has 0 fully saturated rings. The number of halogens is 1. The van der Waals surface area contributed by atoms with Crippen LogP contribution in [-0.2, 0) is 9.53 Å². The van der Waals surface area contributed by atoms with Crippen LogP contribution in [-0.4, -0.2) is 39.3 Å². The summed E-state index contributed by atoms with van der Waals surface area (Å²) < 4.78 is 10.4. The van der Waals surface area contributed by atoms with E-state index in [4.69, 9.17) is 9.47 Å². The minimum Gasteiger partial charge on any atom is -0.494 e. The molecule has 1 aromatic rings. The van der Waals surface area contributed by atoms with Crippen molar-refractivity contribution >= 4 is 24.0 Å². The average Bonchev–Trinajstić information content (AvgIpc) is 2.44. The number of nitrogens with one attached hydrogen (secondary N) is 2. The molecule has 21 heavy (non-hydrogen) atoms. The number of methoxy groups -OCH3 is 1. The molecule has 0 aliphatic heterocycles. The summed E-state index contributed by atoms with van der Waals surface area (Å²) in [5.74, 6) is 0.770. The molecule has 0 bridgehead atoms. The molecule has 2 N–H and O–H groups in total. The number of carbonyl (C=O) groups excluding carboxylic acids is 1. The molecule has 0 aliphatic rings. The number of ether oxygens (including phenoxy) is 2. The van der Waals surface area contributed by atoms with Crippen molar-refractivity contribution in [2.75, 3.05) is 38.7 Å². The fraction of sp³-hybridized carbons (Fsp3) is 0.533. The van der Waals surface area contributed by atoms with E-state index in [-0.39, 0.29) is 24.9 Å². The number of anilines is 1. The Morgan fingerprint density at radius 3 is 2.67 bits per heavy atom. The van der Waals surface area contributed by atoms with Gasteiger partial charge in [-0.1, -0.05) is 6.92 Å². The van der Waals surface area contributed by atoms with E-state index in [1.165, 1.54) is 0 Å². The van der Waals surface area contributed by atoms with Crippen molar-refractivity contribution in [1.29, 1.82) is 0 Å². The van der Waals surface area contributed by atoms with Crippen LogP contribution in [0.25, 0.3) is 0 Å². The zero-order valence-corrected chi connectivity index (χ0v) is 13.7. The van der Waals surface area contributed by atoms with Gasteiger partial charge in [0, 0.05) is 19.3 Å². The normalized spacial score (nSPS) is 9.86. The summed E-state index contributed by atoms with van der Waals surface area (Å²) in [7, 11) is 1.63. The minimum atomic E-state index is -0.0635. The Balaban J connectivity index is 0.00000400. The van der Waals surface area contributed by atoms with E-state index in [0.29, 0.717) is 19.8 Å². The van der Waals surface area contributed by atoms with E-state index in [9.17, 15) is 4.79 Å². The Morgan fingerprint density at radius 1 is 1.29 bits per heavy atom. The van der Waals surface area contributed by atoms with Crippen molar-refractivity contribution in [1.82, 2.24) is 5.32 Å². The highest BCUT2D eigenvalue weighted by Crippen LogP contribution is 2.21. The van der Waals surface area contributed by atoms with Gasteiger partial charge in [-0.05, 0) is 37.1 Å². The van der Waals surface area contributed by atoms with Crippen LogP contribution in [0.4, 0.5) is 5.69 Å². The fourth-order valence-electron chi connectivity index (χ4n) is 1.66. The molecule has 0 saturated carbocycles. The van der Waals surface area contributed by atoms with Gasteiger partial charge >= 0.3 is 0 Å². The van der Waals surface area contributed by atoms with E-state index in [0.717, 1.165) is 23.4 Å². The first-order valence-electron chi connectivity index (χ1n) is 6.90. The van der Waals surface area contributed by atoms with Gasteiger partial charge in [-0.3, -0.25) is 4.79 Å². The molecule has 6 heteroatoms. The van der Waals surface area contributed by atoms with Crippen molar-refractivity contribution < 1.29 is 14.3 Å². The van der Waals surface area contributed by atoms with Crippen LogP contribution >= 0.6 is 12.4 Å². The Morgan fingerprint density at radius 2 is 2.05 bits per heavy atom. The Labute approximate surface area is 132 Å². The predicted molar refractivity (Wildman–Crippen MR) is 87.6 cm³/mol. The molecule has 5 nitrogen and oxygen atoms in total. The van der Waals surface area contributed by atoms with Crippen LogP contribution in [0.1, 0.15) is 18.9 Å². The van der Waals surface area contributed by atoms with Gasteiger partial charge in [-0.25, -0.2) is 0 Å². The Hall–Kier alpha value is -1.30. The lowest BCUT2D eigenvalue weighted by molar-refractivity contribution is -0.115. The lowest BCUT2D eigenvalue weighted by Crippen LogP contribution is -2.30. The number of aryl methyl sites for hydroxylation is 1. The van der Waals surface area contributed by atoms with Gasteiger partial charge in [0.15, 0.2) is 0 Å². The number of rotatable bonds is 9. The standard InChI is InChI=1S/C15H24N2O3.ClH/c1-4-8-20-13-5-6-14(12(2)10-13)17-15(18)11-16-7-9-19-3;/h5-6,10,16H,4,7-9,11H2,1-3H3,(H,17,18);1H. The second-order valence-corrected chi connectivity index (χ2v) is 4.54. The van der Waals surface area contributed by atoms with Gasteiger partial charge < -0.3 is 20.1 Å². The fourth-order valence-corrected chi connectivity index (χ4v) is 1.66. The summed E-state index contributed by atoms with van der Waals surface area (Å²) in [6.07, 6.45) is 0.977. The molecule has 0 heterocycles. The summed E-state index contributed by atoms with van der Waals surface area (Å²) in [5.41, 5.74) is 1.80. The maximum Gasteiger partial charge on any atom is 0.238 e. The first-order chi connectivity index (χ1) is 9.67. The summed E-state index contributed by atoms with van der Waals surface area (Å²) >= 11 is 0. The highest BCUT2D eigenvalue weighted by Gasteiger charge is 2.05. The SMILES string of the molecule is CCCOc1ccc(NC(=O)CNCCOC)c(C)c1.Cl. The maximum absolute atomic E-state index is 11.7. The highest BCUT2D eigenvalue weighted by molar-refractivity contribution is 5.93. The van der Waals surface area contributed by atoms with Gasteiger partial charge in [0.25, 0.3) is 0 Å². The molecule has 0 unspecified atom stereocenters. The summed E-state index contributed by atoms with van der Waals surface area (Å²) in [5, 5.41) is 5.88. The van der Waals surface area contributed by atoms with E-state index < -0.39 is 0 Å². The first-order valence-corrected chi connectivity index (χ1v) is 6.90.